The molecule has 124 valence electrons. The molecular weight excluding hydrogens is 496 g/mol. The highest BCUT2D eigenvalue weighted by Gasteiger charge is 2.16. The largest absolute Gasteiger partial charge is 0.133 e. The lowest BCUT2D eigenvalue weighted by atomic mass is 10.0. The summed E-state index contributed by atoms with van der Waals surface area (Å²) in [4.78, 5) is 5.21. The Balaban J connectivity index is 1.87. The Bertz CT molecular complexity index is 1040. The van der Waals surface area contributed by atoms with Crippen LogP contribution in [0.1, 0.15) is 5.56 Å². The fourth-order valence-electron chi connectivity index (χ4n) is 2.59. The Hall–Kier alpha value is -0.980. The molecule has 1 aromatic carbocycles. The molecule has 3 aromatic heterocycles. The SMILES string of the molecule is C=Cc1ccc(-c2cc(-c3ccc(Br)s3)sc2-c2ccc(Br)s2)cc1. The van der Waals surface area contributed by atoms with E-state index in [9.17, 15) is 0 Å². The summed E-state index contributed by atoms with van der Waals surface area (Å²) < 4.78 is 2.32. The van der Waals surface area contributed by atoms with Gasteiger partial charge in [0.2, 0.25) is 0 Å². The predicted molar refractivity (Wildman–Crippen MR) is 122 cm³/mol. The summed E-state index contributed by atoms with van der Waals surface area (Å²) in [5.41, 5.74) is 3.67. The summed E-state index contributed by atoms with van der Waals surface area (Å²) >= 11 is 12.6. The molecule has 0 unspecified atom stereocenters. The Morgan fingerprint density at radius 3 is 1.92 bits per heavy atom. The van der Waals surface area contributed by atoms with Gasteiger partial charge in [-0.15, -0.1) is 34.0 Å². The molecule has 3 heterocycles. The Labute approximate surface area is 175 Å². The maximum absolute atomic E-state index is 3.84. The molecular formula is C20H12Br2S3. The predicted octanol–water partition coefficient (Wildman–Crippen LogP) is 9.04. The molecule has 0 radical (unpaired) electrons. The van der Waals surface area contributed by atoms with Gasteiger partial charge in [-0.25, -0.2) is 0 Å². The minimum absolute atomic E-state index is 1.14. The molecule has 4 rings (SSSR count). The lowest BCUT2D eigenvalue weighted by Gasteiger charge is -2.03. The monoisotopic (exact) mass is 506 g/mol. The third-order valence-corrected chi connectivity index (χ3v) is 8.56. The van der Waals surface area contributed by atoms with Crippen LogP contribution in [0.4, 0.5) is 0 Å². The molecule has 0 aliphatic heterocycles. The molecule has 0 N–H and O–H groups in total. The van der Waals surface area contributed by atoms with E-state index in [1.165, 1.54) is 30.6 Å². The molecule has 5 heteroatoms. The fraction of sp³-hybridized carbons (Fsp3) is 0. The third kappa shape index (κ3) is 3.62. The Morgan fingerprint density at radius 2 is 1.36 bits per heavy atom. The minimum Gasteiger partial charge on any atom is -0.133 e. The first-order chi connectivity index (χ1) is 12.1. The molecule has 0 atom stereocenters. The second-order valence-electron chi connectivity index (χ2n) is 5.39. The lowest BCUT2D eigenvalue weighted by Crippen LogP contribution is -1.78. The van der Waals surface area contributed by atoms with Crippen molar-refractivity contribution >= 4 is 71.9 Å². The van der Waals surface area contributed by atoms with Gasteiger partial charge in [0.15, 0.2) is 0 Å². The average molecular weight is 508 g/mol. The molecule has 25 heavy (non-hydrogen) atoms. The van der Waals surface area contributed by atoms with Gasteiger partial charge in [0, 0.05) is 20.2 Å². The lowest BCUT2D eigenvalue weighted by molar-refractivity contribution is 1.64. The van der Waals surface area contributed by atoms with Crippen LogP contribution >= 0.6 is 65.9 Å². The van der Waals surface area contributed by atoms with Crippen molar-refractivity contribution in [2.75, 3.05) is 0 Å². The summed E-state index contributed by atoms with van der Waals surface area (Å²) in [6.07, 6.45) is 1.88. The quantitative estimate of drug-likeness (QED) is 0.258. The smallest absolute Gasteiger partial charge is 0.0705 e. The molecule has 0 nitrogen and oxygen atoms in total. The number of hydrogen-bond donors (Lipinski definition) is 0. The number of rotatable bonds is 4. The van der Waals surface area contributed by atoms with E-state index in [0.29, 0.717) is 0 Å². The van der Waals surface area contributed by atoms with Gasteiger partial charge < -0.3 is 0 Å². The van der Waals surface area contributed by atoms with Crippen LogP contribution in [0, 0.1) is 0 Å². The zero-order valence-electron chi connectivity index (χ0n) is 13.0. The Kier molecular flexibility index (Phi) is 5.11. The highest BCUT2D eigenvalue weighted by molar-refractivity contribution is 9.11. The van der Waals surface area contributed by atoms with Gasteiger partial charge in [-0.1, -0.05) is 36.9 Å². The average Bonchev–Trinajstić information content (AvgIpc) is 3.34. The second-order valence-corrected chi connectivity index (χ2v) is 11.4. The van der Waals surface area contributed by atoms with Crippen LogP contribution in [-0.4, -0.2) is 0 Å². The first kappa shape index (κ1) is 17.4. The van der Waals surface area contributed by atoms with Gasteiger partial charge in [0.1, 0.15) is 0 Å². The van der Waals surface area contributed by atoms with Crippen molar-refractivity contribution in [2.24, 2.45) is 0 Å². The summed E-state index contributed by atoms with van der Waals surface area (Å²) in [6.45, 7) is 3.84. The molecule has 0 spiro atoms. The van der Waals surface area contributed by atoms with Crippen molar-refractivity contribution in [2.45, 2.75) is 0 Å². The maximum atomic E-state index is 3.84. The fourth-order valence-corrected chi connectivity index (χ4v) is 6.75. The molecule has 0 bridgehead atoms. The standard InChI is InChI=1S/C20H12Br2S3/c1-2-12-3-5-13(6-4-12)14-11-17(15-7-9-18(21)23-15)25-20(14)16-8-10-19(22)24-16/h2-11H,1H2. The topological polar surface area (TPSA) is 0 Å². The molecule has 0 fully saturated rings. The highest BCUT2D eigenvalue weighted by atomic mass is 79.9. The molecule has 0 saturated carbocycles. The third-order valence-electron chi connectivity index (χ3n) is 3.80. The van der Waals surface area contributed by atoms with Crippen molar-refractivity contribution in [1.82, 2.24) is 0 Å². The van der Waals surface area contributed by atoms with E-state index in [1.807, 2.05) is 17.4 Å². The van der Waals surface area contributed by atoms with Gasteiger partial charge in [0.25, 0.3) is 0 Å². The summed E-state index contributed by atoms with van der Waals surface area (Å²) in [6, 6.07) is 19.5. The minimum atomic E-state index is 1.14. The summed E-state index contributed by atoms with van der Waals surface area (Å²) in [5.74, 6) is 0. The van der Waals surface area contributed by atoms with Crippen LogP contribution in [0.25, 0.3) is 36.7 Å². The zero-order chi connectivity index (χ0) is 17.4. The number of benzene rings is 1. The normalized spacial score (nSPS) is 11.0. The van der Waals surface area contributed by atoms with Gasteiger partial charge in [-0.05, 0) is 73.3 Å². The van der Waals surface area contributed by atoms with Crippen molar-refractivity contribution in [3.8, 4) is 30.6 Å². The van der Waals surface area contributed by atoms with Crippen molar-refractivity contribution in [1.29, 1.82) is 0 Å². The first-order valence-corrected chi connectivity index (χ1v) is 11.6. The van der Waals surface area contributed by atoms with Crippen LogP contribution in [-0.2, 0) is 0 Å². The van der Waals surface area contributed by atoms with Gasteiger partial charge >= 0.3 is 0 Å². The second kappa shape index (κ2) is 7.33. The van der Waals surface area contributed by atoms with Crippen LogP contribution in [0.3, 0.4) is 0 Å². The molecule has 0 aliphatic carbocycles. The van der Waals surface area contributed by atoms with Crippen LogP contribution in [0.5, 0.6) is 0 Å². The van der Waals surface area contributed by atoms with Gasteiger partial charge in [-0.2, -0.15) is 0 Å². The van der Waals surface area contributed by atoms with Crippen LogP contribution < -0.4 is 0 Å². The zero-order valence-corrected chi connectivity index (χ0v) is 18.6. The first-order valence-electron chi connectivity index (χ1n) is 7.52. The number of thiophene rings is 3. The maximum Gasteiger partial charge on any atom is 0.0705 e. The van der Waals surface area contributed by atoms with E-state index in [4.69, 9.17) is 0 Å². The van der Waals surface area contributed by atoms with Gasteiger partial charge in [-0.3, -0.25) is 0 Å². The molecule has 0 saturated heterocycles. The number of halogens is 2. The van der Waals surface area contributed by atoms with Crippen molar-refractivity contribution in [3.63, 3.8) is 0 Å². The van der Waals surface area contributed by atoms with E-state index in [2.05, 4.69) is 93.0 Å². The van der Waals surface area contributed by atoms with E-state index >= 15 is 0 Å². The van der Waals surface area contributed by atoms with Crippen LogP contribution in [0.2, 0.25) is 0 Å². The van der Waals surface area contributed by atoms with E-state index in [1.54, 1.807) is 22.7 Å². The Morgan fingerprint density at radius 1 is 0.720 bits per heavy atom. The molecule has 4 aromatic rings. The van der Waals surface area contributed by atoms with Crippen LogP contribution in [0.15, 0.2) is 68.7 Å². The molecule has 0 amide bonds. The molecule has 0 aliphatic rings. The van der Waals surface area contributed by atoms with E-state index in [0.717, 1.165) is 13.1 Å². The number of hydrogen-bond acceptors (Lipinski definition) is 3. The van der Waals surface area contributed by atoms with E-state index in [-0.39, 0.29) is 0 Å². The van der Waals surface area contributed by atoms with Crippen molar-refractivity contribution < 1.29 is 0 Å². The van der Waals surface area contributed by atoms with Gasteiger partial charge in [0.05, 0.1) is 12.4 Å². The summed E-state index contributed by atoms with van der Waals surface area (Å²) in [5, 5.41) is 0. The van der Waals surface area contributed by atoms with E-state index < -0.39 is 0 Å². The highest BCUT2D eigenvalue weighted by Crippen LogP contribution is 2.47. The van der Waals surface area contributed by atoms with Crippen molar-refractivity contribution in [3.05, 3.63) is 74.3 Å². The summed E-state index contributed by atoms with van der Waals surface area (Å²) in [7, 11) is 0.